The summed E-state index contributed by atoms with van der Waals surface area (Å²) in [7, 11) is 3.04. The zero-order chi connectivity index (χ0) is 24.7. The van der Waals surface area contributed by atoms with Crippen LogP contribution in [0.3, 0.4) is 0 Å². The monoisotopic (exact) mass is 468 g/mol. The van der Waals surface area contributed by atoms with Crippen LogP contribution in [0.4, 0.5) is 0 Å². The molecule has 1 atom stereocenters. The van der Waals surface area contributed by atoms with Crippen molar-refractivity contribution in [2.75, 3.05) is 20.8 Å². The van der Waals surface area contributed by atoms with Crippen molar-refractivity contribution in [3.05, 3.63) is 70.6 Å². The minimum absolute atomic E-state index is 0.229. The molecule has 0 fully saturated rings. The van der Waals surface area contributed by atoms with Gasteiger partial charge in [0, 0.05) is 5.56 Å². The molecule has 0 aliphatic carbocycles. The van der Waals surface area contributed by atoms with Gasteiger partial charge in [0.05, 0.1) is 37.1 Å². The molecule has 1 aromatic heterocycles. The van der Waals surface area contributed by atoms with E-state index in [2.05, 4.69) is 10.5 Å². The Balaban J connectivity index is 1.57. The molecule has 3 rings (SSSR count). The highest BCUT2D eigenvalue weighted by Gasteiger charge is 2.18. The zero-order valence-electron chi connectivity index (χ0n) is 19.8. The van der Waals surface area contributed by atoms with Gasteiger partial charge >= 0.3 is 5.97 Å². The molecule has 1 unspecified atom stereocenters. The second kappa shape index (κ2) is 11.2. The van der Waals surface area contributed by atoms with Crippen molar-refractivity contribution in [3.63, 3.8) is 0 Å². The summed E-state index contributed by atoms with van der Waals surface area (Å²) in [5.41, 5.74) is 2.64. The van der Waals surface area contributed by atoms with Crippen LogP contribution in [0, 0.1) is 13.8 Å². The lowest BCUT2D eigenvalue weighted by molar-refractivity contribution is -0.124. The minimum atomic E-state index is -0.657. The number of amides is 1. The number of carbonyl (C=O) groups is 2. The van der Waals surface area contributed by atoms with Crippen LogP contribution in [-0.2, 0) is 16.1 Å². The summed E-state index contributed by atoms with van der Waals surface area (Å²) in [4.78, 5) is 24.8. The first-order valence-corrected chi connectivity index (χ1v) is 10.7. The van der Waals surface area contributed by atoms with Gasteiger partial charge in [-0.2, -0.15) is 0 Å². The van der Waals surface area contributed by atoms with Gasteiger partial charge in [0.2, 0.25) is 0 Å². The van der Waals surface area contributed by atoms with E-state index in [4.69, 9.17) is 23.5 Å². The highest BCUT2D eigenvalue weighted by Crippen LogP contribution is 2.30. The van der Waals surface area contributed by atoms with Crippen LogP contribution in [-0.4, -0.2) is 37.9 Å². The fraction of sp³-hybridized carbons (Fsp3) is 0.320. The molecule has 0 spiro atoms. The highest BCUT2D eigenvalue weighted by molar-refractivity contribution is 5.92. The standard InChI is InChI=1S/C25H28N2O7/c1-15(19-8-6-7-9-21(19)30-4)26-24(28)14-33-25(29)18-10-11-22(23(12-18)31-5)32-13-20-16(2)27-34-17(20)3/h6-12,15H,13-14H2,1-5H3,(H,26,28). The molecular formula is C25H28N2O7. The lowest BCUT2D eigenvalue weighted by Crippen LogP contribution is -2.31. The second-order valence-corrected chi connectivity index (χ2v) is 7.56. The van der Waals surface area contributed by atoms with Crippen LogP contribution in [0.5, 0.6) is 17.2 Å². The van der Waals surface area contributed by atoms with Crippen molar-refractivity contribution in [2.24, 2.45) is 0 Å². The number of rotatable bonds is 10. The van der Waals surface area contributed by atoms with E-state index in [-0.39, 0.29) is 18.2 Å². The Hall–Kier alpha value is -4.01. The lowest BCUT2D eigenvalue weighted by atomic mass is 10.1. The molecule has 0 saturated carbocycles. The number of ether oxygens (including phenoxy) is 4. The molecule has 0 aliphatic rings. The van der Waals surface area contributed by atoms with Crippen LogP contribution in [0.1, 0.15) is 45.9 Å². The Labute approximate surface area is 197 Å². The molecule has 0 bridgehead atoms. The lowest BCUT2D eigenvalue weighted by Gasteiger charge is -2.17. The SMILES string of the molecule is COc1cc(C(=O)OCC(=O)NC(C)c2ccccc2OC)ccc1OCc1c(C)noc1C. The Kier molecular flexibility index (Phi) is 8.13. The number of hydrogen-bond acceptors (Lipinski definition) is 8. The molecule has 0 saturated heterocycles. The summed E-state index contributed by atoms with van der Waals surface area (Å²) in [6.07, 6.45) is 0. The third-order valence-electron chi connectivity index (χ3n) is 5.27. The number of methoxy groups -OCH3 is 2. The summed E-state index contributed by atoms with van der Waals surface area (Å²) in [6.45, 7) is 5.28. The minimum Gasteiger partial charge on any atom is -0.496 e. The van der Waals surface area contributed by atoms with Crippen LogP contribution in [0.2, 0.25) is 0 Å². The van der Waals surface area contributed by atoms with Crippen LogP contribution < -0.4 is 19.5 Å². The van der Waals surface area contributed by atoms with E-state index in [1.807, 2.05) is 45.0 Å². The number of carbonyl (C=O) groups excluding carboxylic acids is 2. The molecule has 9 heteroatoms. The Morgan fingerprint density at radius 1 is 1.03 bits per heavy atom. The second-order valence-electron chi connectivity index (χ2n) is 7.56. The molecule has 1 heterocycles. The number of nitrogens with zero attached hydrogens (tertiary/aromatic N) is 1. The number of aromatic nitrogens is 1. The van der Waals surface area contributed by atoms with Gasteiger partial charge in [0.25, 0.3) is 5.91 Å². The fourth-order valence-corrected chi connectivity index (χ4v) is 3.37. The fourth-order valence-electron chi connectivity index (χ4n) is 3.37. The first-order valence-electron chi connectivity index (χ1n) is 10.7. The number of para-hydroxylation sites is 1. The summed E-state index contributed by atoms with van der Waals surface area (Å²) in [5, 5.41) is 6.70. The molecule has 1 amide bonds. The summed E-state index contributed by atoms with van der Waals surface area (Å²) >= 11 is 0. The largest absolute Gasteiger partial charge is 0.496 e. The molecular weight excluding hydrogens is 440 g/mol. The Morgan fingerprint density at radius 3 is 2.44 bits per heavy atom. The smallest absolute Gasteiger partial charge is 0.338 e. The van der Waals surface area contributed by atoms with Crippen molar-refractivity contribution < 1.29 is 33.1 Å². The van der Waals surface area contributed by atoms with Crippen molar-refractivity contribution in [1.29, 1.82) is 0 Å². The van der Waals surface area contributed by atoms with E-state index in [0.29, 0.717) is 23.0 Å². The topological polar surface area (TPSA) is 109 Å². The molecule has 2 aromatic carbocycles. The summed E-state index contributed by atoms with van der Waals surface area (Å²) in [5.74, 6) is 1.05. The van der Waals surface area contributed by atoms with E-state index in [0.717, 1.165) is 16.8 Å². The van der Waals surface area contributed by atoms with Gasteiger partial charge in [-0.3, -0.25) is 4.79 Å². The molecule has 0 radical (unpaired) electrons. The summed E-state index contributed by atoms with van der Waals surface area (Å²) in [6, 6.07) is 11.7. The van der Waals surface area contributed by atoms with Gasteiger partial charge in [0.1, 0.15) is 18.1 Å². The number of esters is 1. The van der Waals surface area contributed by atoms with E-state index in [9.17, 15) is 9.59 Å². The van der Waals surface area contributed by atoms with Crippen molar-refractivity contribution in [1.82, 2.24) is 10.5 Å². The first-order chi connectivity index (χ1) is 16.3. The van der Waals surface area contributed by atoms with Crippen molar-refractivity contribution in [3.8, 4) is 17.2 Å². The van der Waals surface area contributed by atoms with E-state index < -0.39 is 18.5 Å². The molecule has 34 heavy (non-hydrogen) atoms. The summed E-state index contributed by atoms with van der Waals surface area (Å²) < 4.78 is 26.8. The van der Waals surface area contributed by atoms with Crippen LogP contribution in [0.15, 0.2) is 47.0 Å². The maximum Gasteiger partial charge on any atom is 0.338 e. The molecule has 180 valence electrons. The van der Waals surface area contributed by atoms with Crippen molar-refractivity contribution in [2.45, 2.75) is 33.4 Å². The van der Waals surface area contributed by atoms with Gasteiger partial charge in [0.15, 0.2) is 18.1 Å². The van der Waals surface area contributed by atoms with E-state index in [1.165, 1.54) is 13.2 Å². The molecule has 0 aliphatic heterocycles. The number of aryl methyl sites for hydroxylation is 2. The van der Waals surface area contributed by atoms with E-state index >= 15 is 0 Å². The van der Waals surface area contributed by atoms with Gasteiger partial charge in [-0.15, -0.1) is 0 Å². The number of nitrogens with one attached hydrogen (secondary N) is 1. The Morgan fingerprint density at radius 2 is 1.76 bits per heavy atom. The third-order valence-corrected chi connectivity index (χ3v) is 5.27. The number of benzene rings is 2. The number of hydrogen-bond donors (Lipinski definition) is 1. The van der Waals surface area contributed by atoms with Gasteiger partial charge in [-0.1, -0.05) is 23.4 Å². The predicted octanol–water partition coefficient (Wildman–Crippen LogP) is 3.92. The average molecular weight is 469 g/mol. The Bertz CT molecular complexity index is 1140. The molecule has 1 N–H and O–H groups in total. The van der Waals surface area contributed by atoms with Gasteiger partial charge in [-0.25, -0.2) is 4.79 Å². The average Bonchev–Trinajstić information content (AvgIpc) is 3.17. The predicted molar refractivity (Wildman–Crippen MR) is 123 cm³/mol. The zero-order valence-corrected chi connectivity index (χ0v) is 19.8. The van der Waals surface area contributed by atoms with Crippen LogP contribution in [0.25, 0.3) is 0 Å². The van der Waals surface area contributed by atoms with E-state index in [1.54, 1.807) is 19.2 Å². The molecule has 9 nitrogen and oxygen atoms in total. The van der Waals surface area contributed by atoms with Gasteiger partial charge in [-0.05, 0) is 45.0 Å². The maximum atomic E-state index is 12.5. The van der Waals surface area contributed by atoms with Crippen molar-refractivity contribution >= 4 is 11.9 Å². The van der Waals surface area contributed by atoms with Gasteiger partial charge < -0.3 is 28.8 Å². The quantitative estimate of drug-likeness (QED) is 0.446. The molecule has 3 aromatic rings. The third kappa shape index (κ3) is 5.86. The maximum absolute atomic E-state index is 12.5. The highest BCUT2D eigenvalue weighted by atomic mass is 16.5. The van der Waals surface area contributed by atoms with Crippen LogP contribution >= 0.6 is 0 Å². The normalized spacial score (nSPS) is 11.4. The first kappa shape index (κ1) is 24.6.